The Labute approximate surface area is 190 Å². The van der Waals surface area contributed by atoms with Crippen molar-refractivity contribution in [3.05, 3.63) is 70.7 Å². The van der Waals surface area contributed by atoms with Crippen LogP contribution in [-0.2, 0) is 9.53 Å². The average molecular weight is 447 g/mol. The molecule has 0 saturated heterocycles. The zero-order valence-corrected chi connectivity index (χ0v) is 18.7. The predicted octanol–water partition coefficient (Wildman–Crippen LogP) is 5.31. The van der Waals surface area contributed by atoms with Crippen molar-refractivity contribution in [1.29, 1.82) is 0 Å². The molecule has 1 aromatic heterocycles. The Balaban J connectivity index is 1.68. The Morgan fingerprint density at radius 1 is 1.22 bits per heavy atom. The fourth-order valence-electron chi connectivity index (χ4n) is 3.39. The van der Waals surface area contributed by atoms with E-state index in [0.717, 1.165) is 46.4 Å². The van der Waals surface area contributed by atoms with E-state index in [4.69, 9.17) is 16.0 Å². The number of ether oxygens (including phenoxy) is 2. The van der Waals surface area contributed by atoms with Crippen molar-refractivity contribution in [3.63, 3.8) is 0 Å². The molecule has 1 aliphatic heterocycles. The minimum Gasteiger partial charge on any atom is -0.497 e. The molecule has 0 aliphatic carbocycles. The highest BCUT2D eigenvalue weighted by molar-refractivity contribution is 7.22. The molecule has 7 nitrogen and oxygen atoms in total. The summed E-state index contributed by atoms with van der Waals surface area (Å²) >= 11 is 1.44. The molecule has 1 N–H and O–H groups in total. The summed E-state index contributed by atoms with van der Waals surface area (Å²) in [5.41, 5.74) is 2.71. The molecule has 1 aliphatic rings. The highest BCUT2D eigenvalue weighted by Crippen LogP contribution is 2.34. The molecule has 0 fully saturated rings. The lowest BCUT2D eigenvalue weighted by molar-refractivity contribution is -0.138. The van der Waals surface area contributed by atoms with E-state index in [2.05, 4.69) is 27.1 Å². The SMILES string of the molecule is [C-]#[N+]/C(C(=O)OCCCCC)=C1\NC(=Nc2nc3ccc(OC)cc3s2)c2ccccc21. The van der Waals surface area contributed by atoms with Crippen LogP contribution in [0.3, 0.4) is 0 Å². The molecule has 3 aromatic rings. The number of aliphatic imine (C=N–C) groups is 1. The smallest absolute Gasteiger partial charge is 0.338 e. The third-order valence-electron chi connectivity index (χ3n) is 5.01. The predicted molar refractivity (Wildman–Crippen MR) is 126 cm³/mol. The molecular weight excluding hydrogens is 424 g/mol. The van der Waals surface area contributed by atoms with Gasteiger partial charge in [0.2, 0.25) is 5.13 Å². The van der Waals surface area contributed by atoms with Gasteiger partial charge in [-0.1, -0.05) is 55.4 Å². The molecule has 0 bridgehead atoms. The highest BCUT2D eigenvalue weighted by Gasteiger charge is 2.28. The van der Waals surface area contributed by atoms with E-state index >= 15 is 0 Å². The third kappa shape index (κ3) is 4.34. The molecule has 2 aromatic carbocycles. The van der Waals surface area contributed by atoms with Crippen molar-refractivity contribution in [1.82, 2.24) is 10.3 Å². The highest BCUT2D eigenvalue weighted by atomic mass is 32.1. The Morgan fingerprint density at radius 3 is 2.78 bits per heavy atom. The second-order valence-electron chi connectivity index (χ2n) is 7.14. The van der Waals surface area contributed by atoms with E-state index in [1.807, 2.05) is 42.5 Å². The van der Waals surface area contributed by atoms with E-state index in [-0.39, 0.29) is 5.70 Å². The monoisotopic (exact) mass is 446 g/mol. The summed E-state index contributed by atoms with van der Waals surface area (Å²) in [4.78, 5) is 25.3. The third-order valence-corrected chi connectivity index (χ3v) is 5.92. The first-order valence-electron chi connectivity index (χ1n) is 10.3. The lowest BCUT2D eigenvalue weighted by Crippen LogP contribution is -2.17. The average Bonchev–Trinajstić information content (AvgIpc) is 3.38. The topological polar surface area (TPSA) is 77.2 Å². The van der Waals surface area contributed by atoms with Gasteiger partial charge in [0.05, 0.1) is 36.2 Å². The minimum absolute atomic E-state index is 0.0758. The van der Waals surface area contributed by atoms with Gasteiger partial charge in [0.25, 0.3) is 5.70 Å². The molecule has 4 rings (SSSR count). The van der Waals surface area contributed by atoms with Gasteiger partial charge in [-0.3, -0.25) is 4.79 Å². The Kier molecular flexibility index (Phi) is 6.47. The number of methoxy groups -OCH3 is 1. The number of carbonyl (C=O) groups excluding carboxylic acids is 1. The standard InChI is InChI=1S/C24H22N4O3S/c1-4-5-8-13-31-23(29)21(25-2)20-16-9-6-7-10-17(16)22(27-20)28-24-26-18-12-11-15(30-3)14-19(18)32-24/h6-7,9-12,14H,4-5,8,13H2,1,3H3,(H,26,27,28)/b21-20-. The quantitative estimate of drug-likeness (QED) is 0.230. The van der Waals surface area contributed by atoms with E-state index in [9.17, 15) is 4.79 Å². The molecule has 32 heavy (non-hydrogen) atoms. The van der Waals surface area contributed by atoms with E-state index < -0.39 is 5.97 Å². The van der Waals surface area contributed by atoms with Gasteiger partial charge < -0.3 is 14.8 Å². The van der Waals surface area contributed by atoms with Crippen LogP contribution in [0.1, 0.15) is 37.3 Å². The van der Waals surface area contributed by atoms with Gasteiger partial charge in [-0.25, -0.2) is 14.8 Å². The second kappa shape index (κ2) is 9.62. The molecule has 0 atom stereocenters. The zero-order valence-electron chi connectivity index (χ0n) is 17.8. The zero-order chi connectivity index (χ0) is 22.5. The Bertz CT molecular complexity index is 1270. The van der Waals surface area contributed by atoms with Crippen LogP contribution < -0.4 is 10.1 Å². The molecular formula is C24H22N4O3S. The van der Waals surface area contributed by atoms with Crippen LogP contribution in [0.4, 0.5) is 5.13 Å². The Morgan fingerprint density at radius 2 is 2.03 bits per heavy atom. The number of thiazole rings is 1. The van der Waals surface area contributed by atoms with Gasteiger partial charge in [-0.05, 0) is 30.2 Å². The maximum absolute atomic E-state index is 12.6. The normalized spacial score (nSPS) is 15.2. The van der Waals surface area contributed by atoms with Crippen molar-refractivity contribution in [3.8, 4) is 5.75 Å². The van der Waals surface area contributed by atoms with Crippen molar-refractivity contribution in [2.75, 3.05) is 13.7 Å². The summed E-state index contributed by atoms with van der Waals surface area (Å²) in [5, 5.41) is 3.73. The van der Waals surface area contributed by atoms with Crippen molar-refractivity contribution >= 4 is 44.2 Å². The number of nitrogens with zero attached hydrogens (tertiary/aromatic N) is 3. The van der Waals surface area contributed by atoms with Gasteiger partial charge in [0, 0.05) is 5.56 Å². The Hall–Kier alpha value is -3.70. The fourth-order valence-corrected chi connectivity index (χ4v) is 4.26. The van der Waals surface area contributed by atoms with Crippen molar-refractivity contribution in [2.24, 2.45) is 4.99 Å². The number of aromatic nitrogens is 1. The van der Waals surface area contributed by atoms with Gasteiger partial charge in [0.15, 0.2) is 0 Å². The number of hydrogen-bond acceptors (Lipinski definition) is 6. The first-order valence-corrected chi connectivity index (χ1v) is 11.1. The first kappa shape index (κ1) is 21.5. The number of amidine groups is 1. The largest absolute Gasteiger partial charge is 0.497 e. The van der Waals surface area contributed by atoms with Crippen LogP contribution >= 0.6 is 11.3 Å². The molecule has 0 saturated carbocycles. The van der Waals surface area contributed by atoms with Crippen molar-refractivity contribution in [2.45, 2.75) is 26.2 Å². The van der Waals surface area contributed by atoms with Gasteiger partial charge in [-0.15, -0.1) is 0 Å². The number of fused-ring (bicyclic) bond motifs is 2. The number of esters is 1. The van der Waals surface area contributed by atoms with Gasteiger partial charge in [-0.2, -0.15) is 0 Å². The van der Waals surface area contributed by atoms with Crippen molar-refractivity contribution < 1.29 is 14.3 Å². The van der Waals surface area contributed by atoms with E-state index in [1.54, 1.807) is 7.11 Å². The van der Waals surface area contributed by atoms with Crippen LogP contribution in [0.15, 0.2) is 53.2 Å². The van der Waals surface area contributed by atoms with Gasteiger partial charge in [0.1, 0.15) is 11.6 Å². The summed E-state index contributed by atoms with van der Waals surface area (Å²) in [5.74, 6) is 0.678. The van der Waals surface area contributed by atoms with E-state index in [0.29, 0.717) is 23.3 Å². The summed E-state index contributed by atoms with van der Waals surface area (Å²) in [6.45, 7) is 9.96. The lowest BCUT2D eigenvalue weighted by Gasteiger charge is -2.07. The molecule has 0 amide bonds. The maximum Gasteiger partial charge on any atom is 0.338 e. The second-order valence-corrected chi connectivity index (χ2v) is 8.15. The number of carbonyl (C=O) groups is 1. The van der Waals surface area contributed by atoms with Crippen LogP contribution in [0.5, 0.6) is 5.75 Å². The molecule has 8 heteroatoms. The number of hydrogen-bond donors (Lipinski definition) is 1. The van der Waals surface area contributed by atoms with Crippen LogP contribution in [-0.4, -0.2) is 30.5 Å². The van der Waals surface area contributed by atoms with E-state index in [1.165, 1.54) is 11.3 Å². The molecule has 162 valence electrons. The molecule has 0 spiro atoms. The number of benzene rings is 2. The summed E-state index contributed by atoms with van der Waals surface area (Å²) in [6, 6.07) is 13.2. The lowest BCUT2D eigenvalue weighted by atomic mass is 10.1. The molecule has 0 radical (unpaired) electrons. The summed E-state index contributed by atoms with van der Waals surface area (Å²) in [7, 11) is 1.63. The van der Waals surface area contributed by atoms with Gasteiger partial charge >= 0.3 is 5.97 Å². The molecule has 0 unspecified atom stereocenters. The molecule has 2 heterocycles. The first-order chi connectivity index (χ1) is 15.6. The van der Waals surface area contributed by atoms with Crippen LogP contribution in [0, 0.1) is 6.57 Å². The number of rotatable bonds is 7. The fraction of sp³-hybridized carbons (Fsp3) is 0.250. The minimum atomic E-state index is -0.623. The van der Waals surface area contributed by atoms with Crippen LogP contribution in [0.2, 0.25) is 0 Å². The van der Waals surface area contributed by atoms with Crippen LogP contribution in [0.25, 0.3) is 20.8 Å². The number of unbranched alkanes of at least 4 members (excludes halogenated alkanes) is 2. The summed E-state index contributed by atoms with van der Waals surface area (Å²) in [6.07, 6.45) is 2.78. The summed E-state index contributed by atoms with van der Waals surface area (Å²) < 4.78 is 11.6. The number of nitrogens with one attached hydrogen (secondary N) is 1. The maximum atomic E-state index is 12.6.